The van der Waals surface area contributed by atoms with Crippen LogP contribution in [0, 0.1) is 0 Å². The van der Waals surface area contributed by atoms with Gasteiger partial charge in [0.2, 0.25) is 0 Å². The van der Waals surface area contributed by atoms with E-state index < -0.39 is 5.97 Å². The highest BCUT2D eigenvalue weighted by Crippen LogP contribution is 2.21. The Hall–Kier alpha value is -1.40. The zero-order valence-corrected chi connectivity index (χ0v) is 10.4. The number of benzene rings is 1. The van der Waals surface area contributed by atoms with E-state index in [1.54, 1.807) is 18.2 Å². The SMILES string of the molecule is Nc1ncsc1C(=O)Oc1cccc(Br)c1. The van der Waals surface area contributed by atoms with E-state index in [9.17, 15) is 4.79 Å². The number of nitrogens with zero attached hydrogens (tertiary/aromatic N) is 1. The maximum absolute atomic E-state index is 11.7. The van der Waals surface area contributed by atoms with Crippen LogP contribution in [0.5, 0.6) is 5.75 Å². The van der Waals surface area contributed by atoms with Gasteiger partial charge in [-0.05, 0) is 18.2 Å². The largest absolute Gasteiger partial charge is 0.422 e. The molecule has 2 rings (SSSR count). The summed E-state index contributed by atoms with van der Waals surface area (Å²) in [5.41, 5.74) is 7.02. The fourth-order valence-corrected chi connectivity index (χ4v) is 2.05. The minimum absolute atomic E-state index is 0.199. The predicted octanol–water partition coefficient (Wildman–Crippen LogP) is 2.71. The number of carbonyl (C=O) groups is 1. The third-order valence-electron chi connectivity index (χ3n) is 1.79. The van der Waals surface area contributed by atoms with Crippen LogP contribution in [0.4, 0.5) is 5.82 Å². The number of esters is 1. The summed E-state index contributed by atoms with van der Waals surface area (Å²) in [4.78, 5) is 15.8. The van der Waals surface area contributed by atoms with E-state index in [2.05, 4.69) is 20.9 Å². The second-order valence-corrected chi connectivity index (χ2v) is 4.68. The fourth-order valence-electron chi connectivity index (χ4n) is 1.09. The summed E-state index contributed by atoms with van der Waals surface area (Å²) in [6.45, 7) is 0. The Balaban J connectivity index is 2.17. The van der Waals surface area contributed by atoms with E-state index in [-0.39, 0.29) is 5.82 Å². The number of nitrogens with two attached hydrogens (primary N) is 1. The van der Waals surface area contributed by atoms with Crippen LogP contribution in [-0.4, -0.2) is 11.0 Å². The summed E-state index contributed by atoms with van der Waals surface area (Å²) in [5.74, 6) is 0.176. The van der Waals surface area contributed by atoms with E-state index in [1.807, 2.05) is 6.07 Å². The molecule has 4 nitrogen and oxygen atoms in total. The van der Waals surface area contributed by atoms with Gasteiger partial charge >= 0.3 is 5.97 Å². The molecule has 6 heteroatoms. The molecular formula is C10H7BrN2O2S. The predicted molar refractivity (Wildman–Crippen MR) is 65.6 cm³/mol. The summed E-state index contributed by atoms with van der Waals surface area (Å²) < 4.78 is 5.98. The molecule has 16 heavy (non-hydrogen) atoms. The Morgan fingerprint density at radius 3 is 2.94 bits per heavy atom. The van der Waals surface area contributed by atoms with Gasteiger partial charge in [0.1, 0.15) is 11.6 Å². The molecule has 0 atom stereocenters. The van der Waals surface area contributed by atoms with Crippen LogP contribution >= 0.6 is 27.3 Å². The van der Waals surface area contributed by atoms with E-state index in [0.29, 0.717) is 10.6 Å². The van der Waals surface area contributed by atoms with Crippen molar-refractivity contribution >= 4 is 39.1 Å². The number of hydrogen-bond donors (Lipinski definition) is 1. The van der Waals surface area contributed by atoms with Crippen LogP contribution in [0.1, 0.15) is 9.67 Å². The van der Waals surface area contributed by atoms with Gasteiger partial charge in [0.15, 0.2) is 4.88 Å². The van der Waals surface area contributed by atoms with Crippen molar-refractivity contribution in [3.05, 3.63) is 39.1 Å². The first-order valence-corrected chi connectivity index (χ1v) is 6.01. The average Bonchev–Trinajstić information content (AvgIpc) is 2.64. The lowest BCUT2D eigenvalue weighted by atomic mass is 10.3. The van der Waals surface area contributed by atoms with Crippen molar-refractivity contribution in [2.45, 2.75) is 0 Å². The highest BCUT2D eigenvalue weighted by Gasteiger charge is 2.14. The third kappa shape index (κ3) is 2.40. The number of anilines is 1. The van der Waals surface area contributed by atoms with Crippen LogP contribution in [0.25, 0.3) is 0 Å². The van der Waals surface area contributed by atoms with Gasteiger partial charge in [0, 0.05) is 4.47 Å². The highest BCUT2D eigenvalue weighted by molar-refractivity contribution is 9.10. The minimum atomic E-state index is -0.488. The Kier molecular flexibility index (Phi) is 3.21. The number of hydrogen-bond acceptors (Lipinski definition) is 5. The molecule has 0 saturated heterocycles. The quantitative estimate of drug-likeness (QED) is 0.684. The van der Waals surface area contributed by atoms with Crippen LogP contribution in [0.15, 0.2) is 34.2 Å². The van der Waals surface area contributed by atoms with Gasteiger partial charge in [-0.3, -0.25) is 0 Å². The van der Waals surface area contributed by atoms with Crippen LogP contribution in [-0.2, 0) is 0 Å². The molecule has 1 heterocycles. The van der Waals surface area contributed by atoms with Gasteiger partial charge in [0.25, 0.3) is 0 Å². The minimum Gasteiger partial charge on any atom is -0.422 e. The third-order valence-corrected chi connectivity index (χ3v) is 3.10. The first-order valence-electron chi connectivity index (χ1n) is 4.33. The Labute approximate surface area is 104 Å². The highest BCUT2D eigenvalue weighted by atomic mass is 79.9. The Morgan fingerprint density at radius 1 is 1.50 bits per heavy atom. The van der Waals surface area contributed by atoms with Crippen LogP contribution < -0.4 is 10.5 Å². The lowest BCUT2D eigenvalue weighted by Crippen LogP contribution is -2.08. The monoisotopic (exact) mass is 298 g/mol. The molecule has 0 aliphatic heterocycles. The van der Waals surface area contributed by atoms with Crippen LogP contribution in [0.3, 0.4) is 0 Å². The number of halogens is 1. The summed E-state index contributed by atoms with van der Waals surface area (Å²) in [6, 6.07) is 7.02. The number of rotatable bonds is 2. The van der Waals surface area contributed by atoms with Crippen molar-refractivity contribution in [1.29, 1.82) is 0 Å². The second-order valence-electron chi connectivity index (χ2n) is 2.91. The zero-order chi connectivity index (χ0) is 11.5. The van der Waals surface area contributed by atoms with E-state index in [1.165, 1.54) is 5.51 Å². The molecule has 82 valence electrons. The molecule has 0 amide bonds. The molecule has 0 fully saturated rings. The van der Waals surface area contributed by atoms with Gasteiger partial charge in [-0.2, -0.15) is 0 Å². The number of carbonyl (C=O) groups excluding carboxylic acids is 1. The van der Waals surface area contributed by atoms with Gasteiger partial charge in [-0.1, -0.05) is 22.0 Å². The number of aromatic nitrogens is 1. The molecule has 0 bridgehead atoms. The molecule has 1 aromatic carbocycles. The smallest absolute Gasteiger partial charge is 0.357 e. The van der Waals surface area contributed by atoms with E-state index >= 15 is 0 Å². The maximum Gasteiger partial charge on any atom is 0.357 e. The molecule has 0 saturated carbocycles. The molecule has 2 N–H and O–H groups in total. The molecule has 0 spiro atoms. The summed E-state index contributed by atoms with van der Waals surface area (Å²) in [5, 5.41) is 0. The lowest BCUT2D eigenvalue weighted by molar-refractivity contribution is 0.0740. The van der Waals surface area contributed by atoms with E-state index in [4.69, 9.17) is 10.5 Å². The number of ether oxygens (including phenoxy) is 1. The molecular weight excluding hydrogens is 292 g/mol. The van der Waals surface area contributed by atoms with Gasteiger partial charge < -0.3 is 10.5 Å². The molecule has 2 aromatic rings. The number of thiazole rings is 1. The van der Waals surface area contributed by atoms with E-state index in [0.717, 1.165) is 15.8 Å². The lowest BCUT2D eigenvalue weighted by Gasteiger charge is -2.02. The summed E-state index contributed by atoms with van der Waals surface area (Å²) >= 11 is 4.45. The Bertz CT molecular complexity index is 527. The zero-order valence-electron chi connectivity index (χ0n) is 8.01. The molecule has 0 aliphatic carbocycles. The van der Waals surface area contributed by atoms with Crippen molar-refractivity contribution in [3.8, 4) is 5.75 Å². The summed E-state index contributed by atoms with van der Waals surface area (Å²) in [7, 11) is 0. The normalized spacial score (nSPS) is 10.1. The Morgan fingerprint density at radius 2 is 2.31 bits per heavy atom. The van der Waals surface area contributed by atoms with Crippen molar-refractivity contribution in [1.82, 2.24) is 4.98 Å². The van der Waals surface area contributed by atoms with Gasteiger partial charge in [-0.15, -0.1) is 11.3 Å². The molecule has 0 aliphatic rings. The van der Waals surface area contributed by atoms with Crippen molar-refractivity contribution in [2.24, 2.45) is 0 Å². The second kappa shape index (κ2) is 4.63. The van der Waals surface area contributed by atoms with Crippen molar-refractivity contribution in [2.75, 3.05) is 5.73 Å². The van der Waals surface area contributed by atoms with Crippen molar-refractivity contribution < 1.29 is 9.53 Å². The standard InChI is InChI=1S/C10H7BrN2O2S/c11-6-2-1-3-7(4-6)15-10(14)8-9(12)13-5-16-8/h1-5H,12H2. The van der Waals surface area contributed by atoms with Gasteiger partial charge in [0.05, 0.1) is 5.51 Å². The first-order chi connectivity index (χ1) is 7.66. The fraction of sp³-hybridized carbons (Fsp3) is 0. The maximum atomic E-state index is 11.7. The summed E-state index contributed by atoms with van der Waals surface area (Å²) in [6.07, 6.45) is 0. The molecule has 0 radical (unpaired) electrons. The van der Waals surface area contributed by atoms with Crippen LogP contribution in [0.2, 0.25) is 0 Å². The van der Waals surface area contributed by atoms with Gasteiger partial charge in [-0.25, -0.2) is 9.78 Å². The average molecular weight is 299 g/mol. The van der Waals surface area contributed by atoms with Crippen molar-refractivity contribution in [3.63, 3.8) is 0 Å². The molecule has 0 unspecified atom stereocenters. The number of nitrogen functional groups attached to an aromatic ring is 1. The molecule has 1 aromatic heterocycles. The first kappa shape index (κ1) is 11.1. The topological polar surface area (TPSA) is 65.2 Å².